The first kappa shape index (κ1) is 20.1. The lowest BCUT2D eigenvalue weighted by molar-refractivity contribution is -0.120. The zero-order chi connectivity index (χ0) is 21.2. The highest BCUT2D eigenvalue weighted by molar-refractivity contribution is 6.20. The molecule has 0 bridgehead atoms. The number of morpholine rings is 1. The van der Waals surface area contributed by atoms with Crippen molar-refractivity contribution < 1.29 is 9.53 Å². The lowest BCUT2D eigenvalue weighted by atomic mass is 9.99. The number of carbonyl (C=O) groups is 1. The van der Waals surface area contributed by atoms with Crippen molar-refractivity contribution >= 4 is 28.6 Å². The third-order valence-corrected chi connectivity index (χ3v) is 6.12. The van der Waals surface area contributed by atoms with E-state index in [-0.39, 0.29) is 11.9 Å². The number of fused-ring (bicyclic) bond motifs is 1. The summed E-state index contributed by atoms with van der Waals surface area (Å²) in [5.74, 6) is 0.408. The third kappa shape index (κ3) is 4.31. The van der Waals surface area contributed by atoms with Gasteiger partial charge in [-0.15, -0.1) is 0 Å². The van der Waals surface area contributed by atoms with Crippen molar-refractivity contribution in [2.24, 2.45) is 9.98 Å². The number of para-hydroxylation sites is 1. The van der Waals surface area contributed by atoms with Gasteiger partial charge in [0.1, 0.15) is 11.8 Å². The fourth-order valence-corrected chi connectivity index (χ4v) is 4.47. The van der Waals surface area contributed by atoms with Gasteiger partial charge in [0.2, 0.25) is 11.9 Å². The van der Waals surface area contributed by atoms with Gasteiger partial charge in [-0.05, 0) is 38.6 Å². The molecular formula is C23H28N6O2. The summed E-state index contributed by atoms with van der Waals surface area (Å²) in [6, 6.07) is 12.0. The van der Waals surface area contributed by atoms with Crippen LogP contribution in [0.4, 0.5) is 0 Å². The molecule has 2 fully saturated rings. The number of likely N-dealkylation sites (tertiary alicyclic amines) is 1. The van der Waals surface area contributed by atoms with Crippen LogP contribution in [0.15, 0.2) is 46.4 Å². The number of hydrogen-bond acceptors (Lipinski definition) is 6. The molecule has 2 saturated heterocycles. The maximum absolute atomic E-state index is 13.3. The van der Waals surface area contributed by atoms with Gasteiger partial charge in [0.25, 0.3) is 0 Å². The van der Waals surface area contributed by atoms with Gasteiger partial charge < -0.3 is 14.5 Å². The van der Waals surface area contributed by atoms with E-state index < -0.39 is 5.92 Å². The van der Waals surface area contributed by atoms with E-state index in [4.69, 9.17) is 19.7 Å². The van der Waals surface area contributed by atoms with E-state index in [1.165, 1.54) is 0 Å². The Morgan fingerprint density at radius 3 is 2.81 bits per heavy atom. The van der Waals surface area contributed by atoms with Crippen LogP contribution >= 0.6 is 0 Å². The van der Waals surface area contributed by atoms with Crippen LogP contribution in [0.1, 0.15) is 24.5 Å². The molecule has 1 amide bonds. The molecule has 8 nitrogen and oxygen atoms in total. The minimum Gasteiger partial charge on any atom is -0.378 e. The number of pyridine rings is 1. The Bertz CT molecular complexity index is 1030. The lowest BCUT2D eigenvalue weighted by Crippen LogP contribution is -2.54. The summed E-state index contributed by atoms with van der Waals surface area (Å²) in [5.41, 5.74) is 1.55. The van der Waals surface area contributed by atoms with Crippen LogP contribution in [-0.4, -0.2) is 85.0 Å². The molecule has 2 aromatic rings. The second-order valence-electron chi connectivity index (χ2n) is 8.43. The number of amides is 1. The number of ether oxygens (including phenoxy) is 1. The first-order valence-electron chi connectivity index (χ1n) is 11.0. The van der Waals surface area contributed by atoms with Crippen LogP contribution in [-0.2, 0) is 9.53 Å². The molecule has 8 heteroatoms. The summed E-state index contributed by atoms with van der Waals surface area (Å²) in [6.45, 7) is 4.63. The Balaban J connectivity index is 1.54. The Morgan fingerprint density at radius 1 is 1.13 bits per heavy atom. The van der Waals surface area contributed by atoms with E-state index in [2.05, 4.69) is 22.2 Å². The molecule has 2 atom stereocenters. The fraction of sp³-hybridized carbons (Fsp3) is 0.478. The zero-order valence-electron chi connectivity index (χ0n) is 17.8. The predicted octanol–water partition coefficient (Wildman–Crippen LogP) is 1.63. The van der Waals surface area contributed by atoms with E-state index in [1.54, 1.807) is 0 Å². The maximum atomic E-state index is 13.3. The number of benzene rings is 1. The Morgan fingerprint density at radius 2 is 1.97 bits per heavy atom. The van der Waals surface area contributed by atoms with Crippen molar-refractivity contribution in [3.63, 3.8) is 0 Å². The lowest BCUT2D eigenvalue weighted by Gasteiger charge is -2.34. The molecule has 0 saturated carbocycles. The summed E-state index contributed by atoms with van der Waals surface area (Å²) in [7, 11) is 2.12. The normalized spacial score (nSPS) is 26.7. The fourth-order valence-electron chi connectivity index (χ4n) is 4.47. The van der Waals surface area contributed by atoms with Gasteiger partial charge in [-0.3, -0.25) is 20.1 Å². The van der Waals surface area contributed by atoms with Crippen molar-refractivity contribution in [3.05, 3.63) is 42.1 Å². The van der Waals surface area contributed by atoms with Gasteiger partial charge in [-0.2, -0.15) is 4.99 Å². The molecule has 1 aromatic heterocycles. The van der Waals surface area contributed by atoms with E-state index >= 15 is 0 Å². The number of aliphatic imine (C=N–C) groups is 2. The zero-order valence-corrected chi connectivity index (χ0v) is 17.8. The van der Waals surface area contributed by atoms with Crippen molar-refractivity contribution in [1.82, 2.24) is 20.1 Å². The molecule has 2 unspecified atom stereocenters. The molecular weight excluding hydrogens is 392 g/mol. The van der Waals surface area contributed by atoms with Gasteiger partial charge >= 0.3 is 0 Å². The van der Waals surface area contributed by atoms with Crippen LogP contribution in [0, 0.1) is 0 Å². The number of aromatic nitrogens is 1. The van der Waals surface area contributed by atoms with Crippen LogP contribution in [0.25, 0.3) is 10.9 Å². The molecule has 0 aliphatic carbocycles. The summed E-state index contributed by atoms with van der Waals surface area (Å²) < 4.78 is 5.45. The average Bonchev–Trinajstić information content (AvgIpc) is 2.79. The number of guanidine groups is 1. The highest BCUT2D eigenvalue weighted by atomic mass is 16.5. The van der Waals surface area contributed by atoms with Gasteiger partial charge in [-0.25, -0.2) is 0 Å². The van der Waals surface area contributed by atoms with Gasteiger partial charge in [0.15, 0.2) is 0 Å². The minimum absolute atomic E-state index is 0.123. The highest BCUT2D eigenvalue weighted by Crippen LogP contribution is 2.25. The Kier molecular flexibility index (Phi) is 5.65. The molecule has 5 rings (SSSR count). The molecule has 0 radical (unpaired) electrons. The third-order valence-electron chi connectivity index (χ3n) is 6.12. The average molecular weight is 421 g/mol. The largest absolute Gasteiger partial charge is 0.378 e. The van der Waals surface area contributed by atoms with Gasteiger partial charge in [-0.1, -0.05) is 24.3 Å². The number of nitrogens with one attached hydrogen (secondary N) is 1. The summed E-state index contributed by atoms with van der Waals surface area (Å²) >= 11 is 0. The van der Waals surface area contributed by atoms with Crippen LogP contribution in [0.3, 0.4) is 0 Å². The smallest absolute Gasteiger partial charge is 0.243 e. The van der Waals surface area contributed by atoms with Gasteiger partial charge in [0.05, 0.1) is 30.5 Å². The molecule has 1 N–H and O–H groups in total. The van der Waals surface area contributed by atoms with E-state index in [0.29, 0.717) is 43.8 Å². The first-order chi connectivity index (χ1) is 15.2. The van der Waals surface area contributed by atoms with Crippen LogP contribution < -0.4 is 5.32 Å². The second kappa shape index (κ2) is 8.72. The predicted molar refractivity (Wildman–Crippen MR) is 120 cm³/mol. The van der Waals surface area contributed by atoms with Crippen molar-refractivity contribution in [3.8, 4) is 0 Å². The number of piperidine rings is 1. The number of amidine groups is 1. The summed E-state index contributed by atoms with van der Waals surface area (Å²) in [4.78, 5) is 32.3. The second-order valence-corrected chi connectivity index (χ2v) is 8.43. The standard InChI is InChI=1S/C23H28N6O2/c1-28-10-4-6-17(15-28)24-21-20(19-9-8-16-5-2-3-7-18(16)25-19)22(30)27-23(26-21)29-11-13-31-14-12-29/h2-3,5,7-9,17,20H,4,6,10-15H2,1H3,(H,24,26,27,30). The SMILES string of the molecule is CN1CCCC(N=C2N=C(N3CCOCC3)NC(=O)C2c2ccc3ccccc3n2)C1. The van der Waals surface area contributed by atoms with Crippen LogP contribution in [0.2, 0.25) is 0 Å². The summed E-state index contributed by atoms with van der Waals surface area (Å²) in [6.07, 6.45) is 2.11. The number of nitrogens with zero attached hydrogens (tertiary/aromatic N) is 5. The number of likely N-dealkylation sites (N-methyl/N-ethyl adjacent to an activating group) is 1. The number of hydrogen-bond donors (Lipinski definition) is 1. The Hall–Kier alpha value is -2.84. The first-order valence-corrected chi connectivity index (χ1v) is 11.0. The van der Waals surface area contributed by atoms with Crippen molar-refractivity contribution in [2.45, 2.75) is 24.8 Å². The molecule has 3 aliphatic heterocycles. The van der Waals surface area contributed by atoms with E-state index in [0.717, 1.165) is 36.8 Å². The molecule has 31 heavy (non-hydrogen) atoms. The number of carbonyl (C=O) groups excluding carboxylic acids is 1. The van der Waals surface area contributed by atoms with Crippen molar-refractivity contribution in [1.29, 1.82) is 0 Å². The summed E-state index contributed by atoms with van der Waals surface area (Å²) in [5, 5.41) is 4.06. The highest BCUT2D eigenvalue weighted by Gasteiger charge is 2.35. The van der Waals surface area contributed by atoms with E-state index in [9.17, 15) is 4.79 Å². The Labute approximate surface area is 182 Å². The van der Waals surface area contributed by atoms with Crippen LogP contribution in [0.5, 0.6) is 0 Å². The maximum Gasteiger partial charge on any atom is 0.243 e. The van der Waals surface area contributed by atoms with E-state index in [1.807, 2.05) is 36.4 Å². The molecule has 162 valence electrons. The molecule has 3 aliphatic rings. The molecule has 1 aromatic carbocycles. The minimum atomic E-state index is -0.610. The quantitative estimate of drug-likeness (QED) is 0.799. The monoisotopic (exact) mass is 420 g/mol. The number of rotatable bonds is 2. The topological polar surface area (TPSA) is 82.4 Å². The molecule has 4 heterocycles. The van der Waals surface area contributed by atoms with Crippen molar-refractivity contribution in [2.75, 3.05) is 46.4 Å². The molecule has 0 spiro atoms. The van der Waals surface area contributed by atoms with Gasteiger partial charge in [0, 0.05) is 25.0 Å².